The summed E-state index contributed by atoms with van der Waals surface area (Å²) in [6.07, 6.45) is -7.59. The second-order valence-corrected chi connectivity index (χ2v) is 7.01. The molecule has 2 N–H and O–H groups in total. The molecule has 2 unspecified atom stereocenters. The molecule has 0 spiro atoms. The molecular formula is C15H21F6IN4S. The van der Waals surface area contributed by atoms with Crippen molar-refractivity contribution in [1.82, 2.24) is 15.6 Å². The van der Waals surface area contributed by atoms with E-state index in [4.69, 9.17) is 0 Å². The molecule has 1 aromatic heterocycles. The van der Waals surface area contributed by atoms with Gasteiger partial charge in [0.25, 0.3) is 0 Å². The number of nitrogens with zero attached hydrogens (tertiary/aromatic N) is 2. The zero-order valence-corrected chi connectivity index (χ0v) is 17.6. The van der Waals surface area contributed by atoms with Crippen LogP contribution >= 0.6 is 35.3 Å². The molecule has 1 saturated carbocycles. The summed E-state index contributed by atoms with van der Waals surface area (Å²) in [5.74, 6) is -1.06. The highest BCUT2D eigenvalue weighted by Crippen LogP contribution is 2.37. The number of alkyl halides is 6. The Morgan fingerprint density at radius 2 is 1.96 bits per heavy atom. The number of aromatic nitrogens is 1. The summed E-state index contributed by atoms with van der Waals surface area (Å²) in [5.41, 5.74) is -0.967. The molecule has 0 bridgehead atoms. The van der Waals surface area contributed by atoms with E-state index in [2.05, 4.69) is 20.6 Å². The third-order valence-electron chi connectivity index (χ3n) is 4.04. The first-order valence-corrected chi connectivity index (χ1v) is 9.10. The first-order chi connectivity index (χ1) is 12.1. The maximum Gasteiger partial charge on any atom is 0.434 e. The third-order valence-corrected chi connectivity index (χ3v) is 4.87. The van der Waals surface area contributed by atoms with E-state index in [1.807, 2.05) is 0 Å². The number of rotatable bonds is 4. The molecule has 0 aliphatic heterocycles. The van der Waals surface area contributed by atoms with Crippen LogP contribution in [0.5, 0.6) is 0 Å². The lowest BCUT2D eigenvalue weighted by atomic mass is 9.85. The number of hydrogen-bond acceptors (Lipinski definition) is 3. The molecule has 2 rings (SSSR count). The normalized spacial score (nSPS) is 21.5. The van der Waals surface area contributed by atoms with E-state index in [0.717, 1.165) is 16.7 Å². The average molecular weight is 530 g/mol. The average Bonchev–Trinajstić information content (AvgIpc) is 3.01. The van der Waals surface area contributed by atoms with Gasteiger partial charge in [-0.3, -0.25) is 0 Å². The van der Waals surface area contributed by atoms with Crippen molar-refractivity contribution in [2.45, 2.75) is 57.5 Å². The molecule has 1 aliphatic rings. The Hall–Kier alpha value is -0.790. The molecule has 1 fully saturated rings. The van der Waals surface area contributed by atoms with Gasteiger partial charge in [-0.15, -0.1) is 35.3 Å². The summed E-state index contributed by atoms with van der Waals surface area (Å²) in [6, 6.07) is -0.379. The minimum Gasteiger partial charge on any atom is -0.357 e. The monoisotopic (exact) mass is 530 g/mol. The Balaban J connectivity index is 0.00000364. The lowest BCUT2D eigenvalue weighted by Crippen LogP contribution is -2.46. The quantitative estimate of drug-likeness (QED) is 0.251. The van der Waals surface area contributed by atoms with Crippen LogP contribution in [0, 0.1) is 5.92 Å². The maximum absolute atomic E-state index is 12.9. The fourth-order valence-corrected chi connectivity index (χ4v) is 3.52. The molecule has 0 radical (unpaired) electrons. The molecule has 0 aromatic carbocycles. The van der Waals surface area contributed by atoms with Crippen LogP contribution in [0.1, 0.15) is 43.3 Å². The summed E-state index contributed by atoms with van der Waals surface area (Å²) in [6.45, 7) is 2.19. The van der Waals surface area contributed by atoms with Crippen molar-refractivity contribution in [2.24, 2.45) is 10.9 Å². The van der Waals surface area contributed by atoms with Gasteiger partial charge in [-0.1, -0.05) is 6.42 Å². The summed E-state index contributed by atoms with van der Waals surface area (Å²) in [5, 5.41) is 6.97. The van der Waals surface area contributed by atoms with Crippen LogP contribution in [-0.4, -0.2) is 29.7 Å². The number of halogens is 7. The fourth-order valence-electron chi connectivity index (χ4n) is 2.79. The second kappa shape index (κ2) is 10.1. The van der Waals surface area contributed by atoms with Gasteiger partial charge in [0, 0.05) is 18.0 Å². The molecule has 12 heteroatoms. The van der Waals surface area contributed by atoms with Crippen LogP contribution in [0.25, 0.3) is 0 Å². The largest absolute Gasteiger partial charge is 0.434 e. The molecular weight excluding hydrogens is 509 g/mol. The minimum atomic E-state index is -4.50. The van der Waals surface area contributed by atoms with Gasteiger partial charge >= 0.3 is 12.4 Å². The Morgan fingerprint density at radius 1 is 1.26 bits per heavy atom. The van der Waals surface area contributed by atoms with Gasteiger partial charge in [-0.25, -0.2) is 9.98 Å². The van der Waals surface area contributed by atoms with Crippen molar-refractivity contribution in [1.29, 1.82) is 0 Å². The van der Waals surface area contributed by atoms with Gasteiger partial charge < -0.3 is 10.6 Å². The SMILES string of the molecule is CCNC(=NCc1nc(C(F)(F)F)cs1)NC1CCCC(C(F)(F)F)C1.I. The summed E-state index contributed by atoms with van der Waals surface area (Å²) < 4.78 is 76.4. The standard InChI is InChI=1S/C15H20F6N4S.HI/c1-2-22-13(23-7-12-25-11(8-26-12)15(19,20)21)24-10-5-3-4-9(6-10)14(16,17)18;/h8-10H,2-7H2,1H3,(H2,22,23,24);1H. The van der Waals surface area contributed by atoms with E-state index in [1.54, 1.807) is 6.92 Å². The molecule has 0 amide bonds. The number of thiazole rings is 1. The van der Waals surface area contributed by atoms with Gasteiger partial charge in [-0.2, -0.15) is 26.3 Å². The minimum absolute atomic E-state index is 0. The van der Waals surface area contributed by atoms with Crippen LogP contribution < -0.4 is 10.6 Å². The van der Waals surface area contributed by atoms with Crippen LogP contribution in [-0.2, 0) is 12.7 Å². The molecule has 1 heterocycles. The first-order valence-electron chi connectivity index (χ1n) is 8.22. The topological polar surface area (TPSA) is 49.3 Å². The number of nitrogens with one attached hydrogen (secondary N) is 2. The van der Waals surface area contributed by atoms with E-state index in [1.165, 1.54) is 0 Å². The van der Waals surface area contributed by atoms with Crippen molar-refractivity contribution in [3.63, 3.8) is 0 Å². The van der Waals surface area contributed by atoms with E-state index in [9.17, 15) is 26.3 Å². The van der Waals surface area contributed by atoms with Gasteiger partial charge in [0.2, 0.25) is 0 Å². The first kappa shape index (κ1) is 24.2. The highest BCUT2D eigenvalue weighted by molar-refractivity contribution is 14.0. The molecule has 0 saturated heterocycles. The van der Waals surface area contributed by atoms with Crippen LogP contribution in [0.3, 0.4) is 0 Å². The van der Waals surface area contributed by atoms with Crippen molar-refractivity contribution < 1.29 is 26.3 Å². The van der Waals surface area contributed by atoms with E-state index in [0.29, 0.717) is 19.4 Å². The second-order valence-electron chi connectivity index (χ2n) is 6.07. The Labute approximate surface area is 174 Å². The maximum atomic E-state index is 12.9. The molecule has 1 aliphatic carbocycles. The van der Waals surface area contributed by atoms with Crippen LogP contribution in [0.15, 0.2) is 10.4 Å². The zero-order valence-electron chi connectivity index (χ0n) is 14.5. The highest BCUT2D eigenvalue weighted by Gasteiger charge is 2.42. The lowest BCUT2D eigenvalue weighted by molar-refractivity contribution is -0.183. The fraction of sp³-hybridized carbons (Fsp3) is 0.733. The summed E-state index contributed by atoms with van der Waals surface area (Å²) in [4.78, 5) is 7.64. The van der Waals surface area contributed by atoms with Crippen LogP contribution in [0.4, 0.5) is 26.3 Å². The van der Waals surface area contributed by atoms with Gasteiger partial charge in [0.05, 0.1) is 12.5 Å². The highest BCUT2D eigenvalue weighted by atomic mass is 127. The molecule has 2 atom stereocenters. The van der Waals surface area contributed by atoms with E-state index in [-0.39, 0.29) is 60.4 Å². The van der Waals surface area contributed by atoms with Gasteiger partial charge in [-0.05, 0) is 26.2 Å². The van der Waals surface area contributed by atoms with Gasteiger partial charge in [0.15, 0.2) is 11.7 Å². The van der Waals surface area contributed by atoms with Crippen molar-refractivity contribution in [3.8, 4) is 0 Å². The van der Waals surface area contributed by atoms with Crippen molar-refractivity contribution >= 4 is 41.3 Å². The molecule has 4 nitrogen and oxygen atoms in total. The van der Waals surface area contributed by atoms with Crippen molar-refractivity contribution in [3.05, 3.63) is 16.1 Å². The summed E-state index contributed by atoms with van der Waals surface area (Å²) in [7, 11) is 0. The number of guanidine groups is 1. The predicted octanol–water partition coefficient (Wildman–Crippen LogP) is 4.96. The number of aliphatic imine (C=N–C) groups is 1. The Morgan fingerprint density at radius 3 is 2.52 bits per heavy atom. The molecule has 27 heavy (non-hydrogen) atoms. The Kier molecular flexibility index (Phi) is 9.09. The summed E-state index contributed by atoms with van der Waals surface area (Å²) >= 11 is 0.844. The van der Waals surface area contributed by atoms with E-state index < -0.39 is 24.0 Å². The zero-order chi connectivity index (χ0) is 19.4. The predicted molar refractivity (Wildman–Crippen MR) is 102 cm³/mol. The molecule has 156 valence electrons. The van der Waals surface area contributed by atoms with Gasteiger partial charge in [0.1, 0.15) is 5.01 Å². The third kappa shape index (κ3) is 7.62. The molecule has 1 aromatic rings. The Bertz CT molecular complexity index is 616. The van der Waals surface area contributed by atoms with Crippen LogP contribution in [0.2, 0.25) is 0 Å². The van der Waals surface area contributed by atoms with Crippen molar-refractivity contribution in [2.75, 3.05) is 6.54 Å². The smallest absolute Gasteiger partial charge is 0.357 e. The lowest BCUT2D eigenvalue weighted by Gasteiger charge is -2.31. The van der Waals surface area contributed by atoms with E-state index >= 15 is 0 Å². The number of hydrogen-bond donors (Lipinski definition) is 2.